The van der Waals surface area contributed by atoms with Crippen LogP contribution in [0.4, 0.5) is 0 Å². The summed E-state index contributed by atoms with van der Waals surface area (Å²) in [6.45, 7) is 3.30. The van der Waals surface area contributed by atoms with Crippen LogP contribution in [0.3, 0.4) is 0 Å². The zero-order valence-electron chi connectivity index (χ0n) is 20.7. The Balaban J connectivity index is 1.81. The van der Waals surface area contributed by atoms with Crippen molar-refractivity contribution in [2.24, 2.45) is 0 Å². The minimum atomic E-state index is -0.693. The molecule has 1 atom stereocenters. The molecule has 0 saturated heterocycles. The number of allylic oxidation sites excluding steroid dienone is 1. The predicted molar refractivity (Wildman–Crippen MR) is 138 cm³/mol. The molecular formula is C28H41ClN2O3. The third kappa shape index (κ3) is 8.04. The number of rotatable bonds is 12. The second kappa shape index (κ2) is 14.4. The number of nitrogens with zero attached hydrogens (tertiary/aromatic N) is 1. The van der Waals surface area contributed by atoms with Crippen LogP contribution in [0.25, 0.3) is 0 Å². The van der Waals surface area contributed by atoms with Gasteiger partial charge in [0, 0.05) is 12.6 Å². The molecule has 1 aromatic rings. The molecule has 1 N–H and O–H groups in total. The summed E-state index contributed by atoms with van der Waals surface area (Å²) in [7, 11) is 0. The standard InChI is InChI=1S/C28H41ClN2O3/c1-2-3-20-34-25-16-14-23(15-17-25)27(28(33)30-24-12-8-5-9-13-24)31(26(32)21-29)19-18-22-10-6-4-7-11-22/h10,14-17,24,27H,2-9,11-13,18-21H2,1H3,(H,30,33)/t27-/m1/s1. The zero-order chi connectivity index (χ0) is 24.2. The van der Waals surface area contributed by atoms with Crippen molar-refractivity contribution in [1.29, 1.82) is 0 Å². The highest BCUT2D eigenvalue weighted by atomic mass is 35.5. The van der Waals surface area contributed by atoms with E-state index in [9.17, 15) is 9.59 Å². The van der Waals surface area contributed by atoms with E-state index in [-0.39, 0.29) is 23.7 Å². The van der Waals surface area contributed by atoms with Crippen molar-refractivity contribution in [3.05, 3.63) is 41.5 Å². The number of unbranched alkanes of at least 4 members (excludes halogenated alkanes) is 1. The van der Waals surface area contributed by atoms with E-state index < -0.39 is 6.04 Å². The third-order valence-corrected chi connectivity index (χ3v) is 7.20. The molecule has 1 aromatic carbocycles. The maximum absolute atomic E-state index is 13.6. The van der Waals surface area contributed by atoms with Gasteiger partial charge in [-0.1, -0.05) is 56.4 Å². The Morgan fingerprint density at radius 2 is 1.88 bits per heavy atom. The van der Waals surface area contributed by atoms with E-state index in [1.165, 1.54) is 24.8 Å². The number of hydrogen-bond donors (Lipinski definition) is 1. The van der Waals surface area contributed by atoms with Crippen LogP contribution in [0.15, 0.2) is 35.9 Å². The molecule has 0 bridgehead atoms. The summed E-state index contributed by atoms with van der Waals surface area (Å²) in [6, 6.07) is 7.12. The molecule has 1 fully saturated rings. The number of hydrogen-bond acceptors (Lipinski definition) is 3. The minimum Gasteiger partial charge on any atom is -0.494 e. The van der Waals surface area contributed by atoms with Crippen LogP contribution in [-0.4, -0.2) is 41.8 Å². The molecule has 0 heterocycles. The Bertz CT molecular complexity index is 802. The Morgan fingerprint density at radius 1 is 1.12 bits per heavy atom. The smallest absolute Gasteiger partial charge is 0.247 e. The molecule has 0 aromatic heterocycles. The van der Waals surface area contributed by atoms with E-state index in [1.807, 2.05) is 24.3 Å². The monoisotopic (exact) mass is 488 g/mol. The van der Waals surface area contributed by atoms with E-state index >= 15 is 0 Å². The van der Waals surface area contributed by atoms with Crippen LogP contribution >= 0.6 is 11.6 Å². The summed E-state index contributed by atoms with van der Waals surface area (Å²) < 4.78 is 5.81. The van der Waals surface area contributed by atoms with Crippen LogP contribution in [-0.2, 0) is 9.59 Å². The van der Waals surface area contributed by atoms with Gasteiger partial charge < -0.3 is 15.0 Å². The molecule has 5 nitrogen and oxygen atoms in total. The molecule has 0 radical (unpaired) electrons. The maximum Gasteiger partial charge on any atom is 0.247 e. The normalized spacial score (nSPS) is 17.5. The molecule has 34 heavy (non-hydrogen) atoms. The van der Waals surface area contributed by atoms with Crippen molar-refractivity contribution in [3.63, 3.8) is 0 Å². The topological polar surface area (TPSA) is 58.6 Å². The lowest BCUT2D eigenvalue weighted by Crippen LogP contribution is -2.47. The first-order valence-electron chi connectivity index (χ1n) is 13.2. The first-order chi connectivity index (χ1) is 16.6. The molecule has 3 rings (SSSR count). The van der Waals surface area contributed by atoms with Gasteiger partial charge in [-0.3, -0.25) is 9.59 Å². The fourth-order valence-corrected chi connectivity index (χ4v) is 5.10. The molecule has 188 valence electrons. The highest BCUT2D eigenvalue weighted by molar-refractivity contribution is 6.27. The molecule has 2 amide bonds. The van der Waals surface area contributed by atoms with E-state index in [0.717, 1.165) is 69.1 Å². The molecule has 6 heteroatoms. The molecule has 2 aliphatic carbocycles. The molecule has 0 aliphatic heterocycles. The van der Waals surface area contributed by atoms with Gasteiger partial charge in [-0.15, -0.1) is 11.6 Å². The van der Waals surface area contributed by atoms with Crippen molar-refractivity contribution < 1.29 is 14.3 Å². The Labute approximate surface area is 210 Å². The second-order valence-corrected chi connectivity index (χ2v) is 9.86. The minimum absolute atomic E-state index is 0.109. The van der Waals surface area contributed by atoms with Crippen LogP contribution in [0.5, 0.6) is 5.75 Å². The van der Waals surface area contributed by atoms with Gasteiger partial charge in [0.15, 0.2) is 0 Å². The average Bonchev–Trinajstić information content (AvgIpc) is 2.88. The Kier molecular flexibility index (Phi) is 11.3. The summed E-state index contributed by atoms with van der Waals surface area (Å²) >= 11 is 6.03. The van der Waals surface area contributed by atoms with Gasteiger partial charge in [-0.2, -0.15) is 0 Å². The lowest BCUT2D eigenvalue weighted by atomic mass is 9.94. The zero-order valence-corrected chi connectivity index (χ0v) is 21.5. The van der Waals surface area contributed by atoms with Gasteiger partial charge in [0.25, 0.3) is 0 Å². The van der Waals surface area contributed by atoms with Crippen LogP contribution in [0.2, 0.25) is 0 Å². The van der Waals surface area contributed by atoms with Gasteiger partial charge in [-0.05, 0) is 69.1 Å². The predicted octanol–water partition coefficient (Wildman–Crippen LogP) is 6.31. The van der Waals surface area contributed by atoms with Crippen molar-refractivity contribution >= 4 is 23.4 Å². The van der Waals surface area contributed by atoms with E-state index in [1.54, 1.807) is 4.90 Å². The van der Waals surface area contributed by atoms with Gasteiger partial charge in [0.2, 0.25) is 11.8 Å². The largest absolute Gasteiger partial charge is 0.494 e. The van der Waals surface area contributed by atoms with Crippen molar-refractivity contribution in [3.8, 4) is 5.75 Å². The molecule has 0 unspecified atom stereocenters. The SMILES string of the molecule is CCCCOc1ccc([C@H](C(=O)NC2CCCCC2)N(CCC2=CCCCC2)C(=O)CCl)cc1. The van der Waals surface area contributed by atoms with Crippen LogP contribution in [0, 0.1) is 0 Å². The number of alkyl halides is 1. The first kappa shape index (κ1) is 26.6. The lowest BCUT2D eigenvalue weighted by molar-refractivity contribution is -0.139. The van der Waals surface area contributed by atoms with Crippen molar-refractivity contribution in [2.45, 2.75) is 96.1 Å². The summed E-state index contributed by atoms with van der Waals surface area (Å²) in [5.41, 5.74) is 2.18. The average molecular weight is 489 g/mol. The number of ether oxygens (including phenoxy) is 1. The highest BCUT2D eigenvalue weighted by Crippen LogP contribution is 2.28. The van der Waals surface area contributed by atoms with Gasteiger partial charge >= 0.3 is 0 Å². The first-order valence-corrected chi connectivity index (χ1v) is 13.7. The van der Waals surface area contributed by atoms with Crippen LogP contribution in [0.1, 0.15) is 95.6 Å². The number of halogens is 1. The Hall–Kier alpha value is -2.01. The number of carbonyl (C=O) groups excluding carboxylic acids is 2. The number of benzene rings is 1. The highest BCUT2D eigenvalue weighted by Gasteiger charge is 2.32. The van der Waals surface area contributed by atoms with Crippen molar-refractivity contribution in [2.75, 3.05) is 19.0 Å². The van der Waals surface area contributed by atoms with Gasteiger partial charge in [0.1, 0.15) is 17.7 Å². The van der Waals surface area contributed by atoms with E-state index in [2.05, 4.69) is 18.3 Å². The van der Waals surface area contributed by atoms with Gasteiger partial charge in [-0.25, -0.2) is 0 Å². The van der Waals surface area contributed by atoms with Crippen LogP contribution < -0.4 is 10.1 Å². The number of amides is 2. The summed E-state index contributed by atoms with van der Waals surface area (Å²) in [5, 5.41) is 3.25. The molecular weight excluding hydrogens is 448 g/mol. The van der Waals surface area contributed by atoms with E-state index in [0.29, 0.717) is 13.2 Å². The maximum atomic E-state index is 13.6. The summed E-state index contributed by atoms with van der Waals surface area (Å²) in [6.07, 6.45) is 15.3. The molecule has 2 aliphatic rings. The molecule has 0 spiro atoms. The Morgan fingerprint density at radius 3 is 2.53 bits per heavy atom. The number of nitrogens with one attached hydrogen (secondary N) is 1. The number of carbonyl (C=O) groups is 2. The van der Waals surface area contributed by atoms with Crippen molar-refractivity contribution in [1.82, 2.24) is 10.2 Å². The summed E-state index contributed by atoms with van der Waals surface area (Å²) in [5.74, 6) is 0.337. The fraction of sp³-hybridized carbons (Fsp3) is 0.643. The van der Waals surface area contributed by atoms with Gasteiger partial charge in [0.05, 0.1) is 6.61 Å². The lowest BCUT2D eigenvalue weighted by Gasteiger charge is -2.33. The quantitative estimate of drug-likeness (QED) is 0.213. The summed E-state index contributed by atoms with van der Waals surface area (Å²) in [4.78, 5) is 28.3. The fourth-order valence-electron chi connectivity index (χ4n) is 4.95. The molecule has 1 saturated carbocycles. The second-order valence-electron chi connectivity index (χ2n) is 9.60. The third-order valence-electron chi connectivity index (χ3n) is 6.97. The van der Waals surface area contributed by atoms with E-state index in [4.69, 9.17) is 16.3 Å².